The van der Waals surface area contributed by atoms with Crippen molar-refractivity contribution in [2.75, 3.05) is 35.7 Å². The SMILES string of the molecule is COC1CCN(c2cnc(-c3cnc(NC(C)=O)cc3Nc3ccnc(C(C)(F)F)n3)cn2)C1. The van der Waals surface area contributed by atoms with Crippen LogP contribution in [0.4, 0.5) is 31.9 Å². The molecule has 1 fully saturated rings. The van der Waals surface area contributed by atoms with Gasteiger partial charge in [0, 0.05) is 58.1 Å². The van der Waals surface area contributed by atoms with Crippen molar-refractivity contribution in [1.29, 1.82) is 0 Å². The Bertz CT molecular complexity index is 1170. The summed E-state index contributed by atoms with van der Waals surface area (Å²) in [7, 11) is 1.69. The van der Waals surface area contributed by atoms with Crippen LogP contribution in [-0.4, -0.2) is 57.1 Å². The summed E-state index contributed by atoms with van der Waals surface area (Å²) in [5.41, 5.74) is 1.50. The number of carbonyl (C=O) groups excluding carboxylic acids is 1. The van der Waals surface area contributed by atoms with Gasteiger partial charge in [-0.05, 0) is 12.5 Å². The van der Waals surface area contributed by atoms with Gasteiger partial charge < -0.3 is 20.3 Å². The number of halogens is 2. The Morgan fingerprint density at radius 1 is 1.18 bits per heavy atom. The van der Waals surface area contributed by atoms with Crippen molar-refractivity contribution in [3.63, 3.8) is 0 Å². The zero-order valence-corrected chi connectivity index (χ0v) is 18.9. The van der Waals surface area contributed by atoms with Crippen LogP contribution in [0.3, 0.4) is 0 Å². The third-order valence-electron chi connectivity index (χ3n) is 5.24. The lowest BCUT2D eigenvalue weighted by Gasteiger charge is -2.17. The van der Waals surface area contributed by atoms with E-state index in [2.05, 4.69) is 40.5 Å². The molecular weight excluding hydrogens is 446 g/mol. The molecule has 1 aliphatic heterocycles. The minimum absolute atomic E-state index is 0.153. The molecule has 0 aromatic carbocycles. The number of ether oxygens (including phenoxy) is 1. The van der Waals surface area contributed by atoms with E-state index in [0.717, 1.165) is 32.3 Å². The molecule has 0 radical (unpaired) electrons. The smallest absolute Gasteiger partial charge is 0.303 e. The molecule has 1 aliphatic rings. The van der Waals surface area contributed by atoms with E-state index in [9.17, 15) is 13.6 Å². The zero-order chi connectivity index (χ0) is 24.3. The van der Waals surface area contributed by atoms with Crippen molar-refractivity contribution in [2.45, 2.75) is 32.3 Å². The third kappa shape index (κ3) is 5.39. The highest BCUT2D eigenvalue weighted by molar-refractivity contribution is 5.89. The molecular formula is C22H24F2N8O2. The van der Waals surface area contributed by atoms with Gasteiger partial charge in [0.15, 0.2) is 0 Å². The molecule has 0 bridgehead atoms. The number of pyridine rings is 1. The van der Waals surface area contributed by atoms with Crippen LogP contribution in [0, 0.1) is 0 Å². The maximum Gasteiger partial charge on any atom is 0.303 e. The zero-order valence-electron chi connectivity index (χ0n) is 18.9. The molecule has 2 N–H and O–H groups in total. The van der Waals surface area contributed by atoms with Crippen molar-refractivity contribution in [3.05, 3.63) is 42.7 Å². The summed E-state index contributed by atoms with van der Waals surface area (Å²) in [6.45, 7) is 3.65. The average Bonchev–Trinajstić information content (AvgIpc) is 3.28. The Balaban J connectivity index is 1.65. The van der Waals surface area contributed by atoms with Crippen LogP contribution in [0.15, 0.2) is 36.9 Å². The van der Waals surface area contributed by atoms with Gasteiger partial charge >= 0.3 is 5.92 Å². The Kier molecular flexibility index (Phi) is 6.59. The number of amides is 1. The number of methoxy groups -OCH3 is 1. The van der Waals surface area contributed by atoms with Gasteiger partial charge in [0.05, 0.1) is 29.9 Å². The number of hydrogen-bond donors (Lipinski definition) is 2. The van der Waals surface area contributed by atoms with Crippen LogP contribution in [0.5, 0.6) is 0 Å². The lowest BCUT2D eigenvalue weighted by molar-refractivity contribution is -0.114. The molecule has 3 aromatic heterocycles. The fourth-order valence-electron chi connectivity index (χ4n) is 3.54. The molecule has 0 saturated carbocycles. The summed E-state index contributed by atoms with van der Waals surface area (Å²) < 4.78 is 32.8. The number of hydrogen-bond acceptors (Lipinski definition) is 9. The summed E-state index contributed by atoms with van der Waals surface area (Å²) in [5.74, 6) is -2.95. The van der Waals surface area contributed by atoms with Gasteiger partial charge in [0.1, 0.15) is 17.5 Å². The van der Waals surface area contributed by atoms with Crippen LogP contribution in [0.1, 0.15) is 26.1 Å². The maximum absolute atomic E-state index is 13.7. The number of nitrogens with one attached hydrogen (secondary N) is 2. The first-order valence-corrected chi connectivity index (χ1v) is 10.6. The number of anilines is 4. The highest BCUT2D eigenvalue weighted by Crippen LogP contribution is 2.31. The fraction of sp³-hybridized carbons (Fsp3) is 0.364. The highest BCUT2D eigenvalue weighted by Gasteiger charge is 2.28. The predicted octanol–water partition coefficient (Wildman–Crippen LogP) is 3.37. The normalized spacial score (nSPS) is 15.9. The summed E-state index contributed by atoms with van der Waals surface area (Å²) >= 11 is 0. The summed E-state index contributed by atoms with van der Waals surface area (Å²) in [6.07, 6.45) is 7.12. The van der Waals surface area contributed by atoms with Crippen LogP contribution in [-0.2, 0) is 15.5 Å². The number of alkyl halides is 2. The topological polar surface area (TPSA) is 118 Å². The second-order valence-corrected chi connectivity index (χ2v) is 7.93. The standard InChI is InChI=1S/C22H24F2N8O2/c1-13(33)29-19-8-16(30-18-4-6-25-21(31-18)22(2,23)24)15(9-27-19)17-10-28-20(11-26-17)32-7-5-14(12-32)34-3/h4,6,8-11,14H,5,7,12H2,1-3H3,(H2,25,27,29,30,31,33). The van der Waals surface area contributed by atoms with E-state index < -0.39 is 11.7 Å². The molecule has 10 nitrogen and oxygen atoms in total. The Labute approximate surface area is 194 Å². The van der Waals surface area contributed by atoms with E-state index >= 15 is 0 Å². The van der Waals surface area contributed by atoms with Gasteiger partial charge in [-0.15, -0.1) is 0 Å². The second-order valence-electron chi connectivity index (χ2n) is 7.93. The minimum atomic E-state index is -3.20. The molecule has 12 heteroatoms. The van der Waals surface area contributed by atoms with E-state index in [1.165, 1.54) is 25.4 Å². The van der Waals surface area contributed by atoms with E-state index in [0.29, 0.717) is 16.9 Å². The molecule has 4 heterocycles. The van der Waals surface area contributed by atoms with Gasteiger partial charge in [-0.25, -0.2) is 19.9 Å². The lowest BCUT2D eigenvalue weighted by atomic mass is 10.1. The van der Waals surface area contributed by atoms with Crippen molar-refractivity contribution in [1.82, 2.24) is 24.9 Å². The van der Waals surface area contributed by atoms with Crippen LogP contribution < -0.4 is 15.5 Å². The van der Waals surface area contributed by atoms with Gasteiger partial charge in [-0.2, -0.15) is 8.78 Å². The number of rotatable bonds is 7. The second kappa shape index (κ2) is 9.59. The largest absolute Gasteiger partial charge is 0.380 e. The van der Waals surface area contributed by atoms with Crippen molar-refractivity contribution < 1.29 is 18.3 Å². The van der Waals surface area contributed by atoms with E-state index in [-0.39, 0.29) is 23.6 Å². The molecule has 0 aliphatic carbocycles. The molecule has 1 atom stereocenters. The Morgan fingerprint density at radius 3 is 2.65 bits per heavy atom. The predicted molar refractivity (Wildman–Crippen MR) is 122 cm³/mol. The monoisotopic (exact) mass is 470 g/mol. The first kappa shape index (κ1) is 23.4. The molecule has 34 heavy (non-hydrogen) atoms. The molecule has 1 saturated heterocycles. The Morgan fingerprint density at radius 2 is 2.00 bits per heavy atom. The molecule has 3 aromatic rings. The highest BCUT2D eigenvalue weighted by atomic mass is 19.3. The summed E-state index contributed by atoms with van der Waals surface area (Å²) in [4.78, 5) is 34.5. The number of carbonyl (C=O) groups is 1. The van der Waals surface area contributed by atoms with Crippen LogP contribution in [0.2, 0.25) is 0 Å². The van der Waals surface area contributed by atoms with Gasteiger partial charge in [-0.3, -0.25) is 9.78 Å². The van der Waals surface area contributed by atoms with Crippen molar-refractivity contribution >= 4 is 29.0 Å². The van der Waals surface area contributed by atoms with Gasteiger partial charge in [-0.1, -0.05) is 0 Å². The van der Waals surface area contributed by atoms with E-state index in [4.69, 9.17) is 4.74 Å². The molecule has 0 spiro atoms. The fourth-order valence-corrected chi connectivity index (χ4v) is 3.54. The first-order chi connectivity index (χ1) is 16.2. The van der Waals surface area contributed by atoms with Crippen molar-refractivity contribution in [3.8, 4) is 11.3 Å². The molecule has 1 amide bonds. The maximum atomic E-state index is 13.7. The number of nitrogens with zero attached hydrogens (tertiary/aromatic N) is 6. The van der Waals surface area contributed by atoms with Gasteiger partial charge in [0.25, 0.3) is 0 Å². The molecule has 1 unspecified atom stereocenters. The lowest BCUT2D eigenvalue weighted by Crippen LogP contribution is -2.23. The van der Waals surface area contributed by atoms with E-state index in [1.54, 1.807) is 25.6 Å². The quantitative estimate of drug-likeness (QED) is 0.536. The molecule has 4 rings (SSSR count). The van der Waals surface area contributed by atoms with Crippen molar-refractivity contribution in [2.24, 2.45) is 0 Å². The third-order valence-corrected chi connectivity index (χ3v) is 5.24. The molecule has 178 valence electrons. The Hall–Kier alpha value is -3.80. The van der Waals surface area contributed by atoms with E-state index in [1.807, 2.05) is 0 Å². The summed E-state index contributed by atoms with van der Waals surface area (Å²) in [6, 6.07) is 3.04. The van der Waals surface area contributed by atoms with Crippen LogP contribution in [0.25, 0.3) is 11.3 Å². The average molecular weight is 470 g/mol. The van der Waals surface area contributed by atoms with Gasteiger partial charge in [0.2, 0.25) is 11.7 Å². The summed E-state index contributed by atoms with van der Waals surface area (Å²) in [5, 5.41) is 5.61. The minimum Gasteiger partial charge on any atom is -0.380 e. The van der Waals surface area contributed by atoms with Crippen LogP contribution >= 0.6 is 0 Å². The number of aromatic nitrogens is 5. The first-order valence-electron chi connectivity index (χ1n) is 10.6.